The summed E-state index contributed by atoms with van der Waals surface area (Å²) in [5.41, 5.74) is 3.43. The van der Waals surface area contributed by atoms with Gasteiger partial charge in [0.1, 0.15) is 18.4 Å². The highest BCUT2D eigenvalue weighted by Crippen LogP contribution is 2.23. The zero-order valence-electron chi connectivity index (χ0n) is 27.9. The van der Waals surface area contributed by atoms with E-state index in [-0.39, 0.29) is 29.7 Å². The topological polar surface area (TPSA) is 103 Å². The molecule has 1 aliphatic heterocycles. The summed E-state index contributed by atoms with van der Waals surface area (Å²) in [5, 5.41) is 8.86. The molecule has 9 nitrogen and oxygen atoms in total. The van der Waals surface area contributed by atoms with Gasteiger partial charge in [-0.1, -0.05) is 45.0 Å². The Morgan fingerprint density at radius 2 is 1.57 bits per heavy atom. The third-order valence-electron chi connectivity index (χ3n) is 7.83. The van der Waals surface area contributed by atoms with Crippen molar-refractivity contribution in [1.82, 2.24) is 20.4 Å². The van der Waals surface area contributed by atoms with Crippen LogP contribution < -0.4 is 20.7 Å². The second-order valence-electron chi connectivity index (χ2n) is 13.5. The third-order valence-corrected chi connectivity index (χ3v) is 7.83. The molecule has 3 aromatic carbocycles. The predicted molar refractivity (Wildman–Crippen MR) is 183 cm³/mol. The molecule has 1 aliphatic rings. The van der Waals surface area contributed by atoms with E-state index >= 15 is 0 Å². The van der Waals surface area contributed by atoms with Gasteiger partial charge >= 0.3 is 0 Å². The first kappa shape index (κ1) is 34.7. The molecule has 1 atom stereocenters. The van der Waals surface area contributed by atoms with Gasteiger partial charge in [-0.05, 0) is 112 Å². The van der Waals surface area contributed by atoms with E-state index in [1.54, 1.807) is 42.5 Å². The molecule has 4 rings (SSSR count). The van der Waals surface area contributed by atoms with E-state index in [9.17, 15) is 14.4 Å². The molecule has 0 spiro atoms. The smallest absolute Gasteiger partial charge is 0.251 e. The minimum absolute atomic E-state index is 0.197. The Labute approximate surface area is 273 Å². The number of anilines is 1. The van der Waals surface area contributed by atoms with Crippen LogP contribution in [0.25, 0.3) is 0 Å². The number of hydrogen-bond acceptors (Lipinski definition) is 6. The molecule has 0 radical (unpaired) electrons. The van der Waals surface area contributed by atoms with E-state index in [4.69, 9.17) is 4.74 Å². The zero-order chi connectivity index (χ0) is 33.1. The maximum absolute atomic E-state index is 13.4. The van der Waals surface area contributed by atoms with Crippen molar-refractivity contribution in [1.29, 1.82) is 0 Å². The minimum atomic E-state index is -0.727. The van der Waals surface area contributed by atoms with Crippen molar-refractivity contribution in [2.24, 2.45) is 5.41 Å². The van der Waals surface area contributed by atoms with Crippen LogP contribution in [0.5, 0.6) is 5.75 Å². The predicted octanol–water partition coefficient (Wildman–Crippen LogP) is 5.33. The summed E-state index contributed by atoms with van der Waals surface area (Å²) >= 11 is 0. The highest BCUT2D eigenvalue weighted by molar-refractivity contribution is 6.01. The molecule has 3 N–H and O–H groups in total. The fourth-order valence-corrected chi connectivity index (χ4v) is 5.34. The molecule has 1 saturated heterocycles. The van der Waals surface area contributed by atoms with Crippen LogP contribution in [0.1, 0.15) is 71.9 Å². The molecule has 0 saturated carbocycles. The Bertz CT molecular complexity index is 1440. The maximum Gasteiger partial charge on any atom is 0.251 e. The number of hydrogen-bond donors (Lipinski definition) is 3. The molecule has 0 aliphatic carbocycles. The van der Waals surface area contributed by atoms with Crippen LogP contribution in [0.2, 0.25) is 0 Å². The van der Waals surface area contributed by atoms with Gasteiger partial charge in [-0.2, -0.15) is 0 Å². The number of benzene rings is 3. The SMILES string of the molecule is CN(C)CCOc1ccc(C(=O)NCc2cccc(C(=O)N[C@@H](CC(C)(C)C)C(=O)Nc3ccc(CN4CCCC4)cc3)c2)cc1. The van der Waals surface area contributed by atoms with E-state index in [1.165, 1.54) is 18.4 Å². The standard InChI is InChI=1S/C37H49N5O4/c1-37(2,3)24-33(36(45)39-31-15-11-27(12-16-31)26-42-19-6-7-20-42)40-35(44)30-10-8-9-28(23-30)25-38-34(43)29-13-17-32(18-14-29)46-22-21-41(4)5/h8-18,23,33H,6-7,19-22,24-26H2,1-5H3,(H,38,43)(H,39,45)(H,40,44)/t33-/m0/s1. The number of rotatable bonds is 14. The number of carbonyl (C=O) groups is 3. The van der Waals surface area contributed by atoms with E-state index in [0.717, 1.165) is 31.7 Å². The lowest BCUT2D eigenvalue weighted by Crippen LogP contribution is -2.45. The van der Waals surface area contributed by atoms with Gasteiger partial charge in [0.25, 0.3) is 11.8 Å². The summed E-state index contributed by atoms with van der Waals surface area (Å²) in [6.45, 7) is 10.9. The number of amides is 3. The van der Waals surface area contributed by atoms with Gasteiger partial charge in [-0.3, -0.25) is 19.3 Å². The van der Waals surface area contributed by atoms with Crippen molar-refractivity contribution < 1.29 is 19.1 Å². The second kappa shape index (κ2) is 16.4. The summed E-state index contributed by atoms with van der Waals surface area (Å²) in [5.74, 6) is -0.112. The van der Waals surface area contributed by atoms with Crippen LogP contribution in [-0.4, -0.2) is 73.9 Å². The van der Waals surface area contributed by atoms with E-state index < -0.39 is 6.04 Å². The van der Waals surface area contributed by atoms with E-state index in [2.05, 4.69) is 20.9 Å². The molecule has 3 amide bonds. The summed E-state index contributed by atoms with van der Waals surface area (Å²) in [6, 6.07) is 21.3. The quantitative estimate of drug-likeness (QED) is 0.224. The minimum Gasteiger partial charge on any atom is -0.492 e. The lowest BCUT2D eigenvalue weighted by molar-refractivity contribution is -0.118. The van der Waals surface area contributed by atoms with Crippen LogP contribution in [0.4, 0.5) is 5.69 Å². The summed E-state index contributed by atoms with van der Waals surface area (Å²) < 4.78 is 5.70. The molecule has 46 heavy (non-hydrogen) atoms. The van der Waals surface area contributed by atoms with Crippen molar-refractivity contribution in [3.05, 3.63) is 95.1 Å². The Morgan fingerprint density at radius 1 is 0.870 bits per heavy atom. The first-order valence-electron chi connectivity index (χ1n) is 16.1. The third kappa shape index (κ3) is 11.3. The summed E-state index contributed by atoms with van der Waals surface area (Å²) in [4.78, 5) is 44.0. The number of carbonyl (C=O) groups excluding carboxylic acids is 3. The first-order chi connectivity index (χ1) is 21.9. The lowest BCUT2D eigenvalue weighted by Gasteiger charge is -2.26. The molecule has 1 heterocycles. The fraction of sp³-hybridized carbons (Fsp3) is 0.432. The number of likely N-dealkylation sites (tertiary alicyclic amines) is 1. The van der Waals surface area contributed by atoms with E-state index in [1.807, 2.05) is 70.1 Å². The van der Waals surface area contributed by atoms with Crippen molar-refractivity contribution in [3.8, 4) is 5.75 Å². The molecule has 0 aromatic heterocycles. The van der Waals surface area contributed by atoms with Gasteiger partial charge in [0, 0.05) is 36.4 Å². The summed E-state index contributed by atoms with van der Waals surface area (Å²) in [7, 11) is 3.97. The molecule has 0 unspecified atom stereocenters. The van der Waals surface area contributed by atoms with Crippen molar-refractivity contribution in [2.75, 3.05) is 45.7 Å². The van der Waals surface area contributed by atoms with Crippen LogP contribution in [0.15, 0.2) is 72.8 Å². The van der Waals surface area contributed by atoms with Gasteiger partial charge in [0.2, 0.25) is 5.91 Å². The van der Waals surface area contributed by atoms with Gasteiger partial charge in [-0.15, -0.1) is 0 Å². The summed E-state index contributed by atoms with van der Waals surface area (Å²) in [6.07, 6.45) is 2.96. The lowest BCUT2D eigenvalue weighted by atomic mass is 9.87. The van der Waals surface area contributed by atoms with Crippen LogP contribution in [-0.2, 0) is 17.9 Å². The molecular weight excluding hydrogens is 578 g/mol. The first-order valence-corrected chi connectivity index (χ1v) is 16.1. The number of nitrogens with zero attached hydrogens (tertiary/aromatic N) is 2. The average Bonchev–Trinajstić information content (AvgIpc) is 3.53. The van der Waals surface area contributed by atoms with Crippen LogP contribution >= 0.6 is 0 Å². The number of likely N-dealkylation sites (N-methyl/N-ethyl adjacent to an activating group) is 1. The number of nitrogens with one attached hydrogen (secondary N) is 3. The highest BCUT2D eigenvalue weighted by atomic mass is 16.5. The van der Waals surface area contributed by atoms with Crippen molar-refractivity contribution >= 4 is 23.4 Å². The van der Waals surface area contributed by atoms with Crippen molar-refractivity contribution in [2.45, 2.75) is 59.2 Å². The molecule has 1 fully saturated rings. The zero-order valence-corrected chi connectivity index (χ0v) is 27.9. The highest BCUT2D eigenvalue weighted by Gasteiger charge is 2.27. The van der Waals surface area contributed by atoms with Crippen LogP contribution in [0, 0.1) is 5.41 Å². The molecule has 9 heteroatoms. The van der Waals surface area contributed by atoms with Crippen LogP contribution in [0.3, 0.4) is 0 Å². The second-order valence-corrected chi connectivity index (χ2v) is 13.5. The van der Waals surface area contributed by atoms with Gasteiger partial charge in [0.15, 0.2) is 0 Å². The average molecular weight is 628 g/mol. The molecule has 3 aromatic rings. The molecule has 0 bridgehead atoms. The maximum atomic E-state index is 13.4. The van der Waals surface area contributed by atoms with Crippen molar-refractivity contribution in [3.63, 3.8) is 0 Å². The molecule has 246 valence electrons. The Morgan fingerprint density at radius 3 is 2.22 bits per heavy atom. The van der Waals surface area contributed by atoms with E-state index in [0.29, 0.717) is 35.6 Å². The van der Waals surface area contributed by atoms with Gasteiger partial charge < -0.3 is 25.6 Å². The van der Waals surface area contributed by atoms with Gasteiger partial charge in [0.05, 0.1) is 0 Å². The Hall–Kier alpha value is -4.21. The molecular formula is C37H49N5O4. The monoisotopic (exact) mass is 627 g/mol. The largest absolute Gasteiger partial charge is 0.492 e. The fourth-order valence-electron chi connectivity index (χ4n) is 5.34. The normalized spacial score (nSPS) is 14.1. The Kier molecular flexibility index (Phi) is 12.3. The number of ether oxygens (including phenoxy) is 1. The van der Waals surface area contributed by atoms with Gasteiger partial charge in [-0.25, -0.2) is 0 Å². The Balaban J connectivity index is 1.33.